The topological polar surface area (TPSA) is 6.48 Å². The first-order valence-corrected chi connectivity index (χ1v) is 10.2. The van der Waals surface area contributed by atoms with Gasteiger partial charge in [-0.25, -0.2) is 0 Å². The van der Waals surface area contributed by atoms with Crippen LogP contribution in [0.25, 0.3) is 0 Å². The normalized spacial score (nSPS) is 22.2. The van der Waals surface area contributed by atoms with Crippen LogP contribution in [0.4, 0.5) is 0 Å². The highest BCUT2D eigenvalue weighted by Crippen LogP contribution is 2.33. The molecule has 1 aromatic rings. The van der Waals surface area contributed by atoms with E-state index in [0.717, 1.165) is 18.8 Å². The molecule has 2 atom stereocenters. The molecule has 1 heterocycles. The van der Waals surface area contributed by atoms with E-state index in [1.165, 1.54) is 18.4 Å². The molecule has 0 saturated carbocycles. The number of hydrogen-bond acceptors (Lipinski definition) is 2. The monoisotopic (exact) mass is 318 g/mol. The van der Waals surface area contributed by atoms with Gasteiger partial charge in [0, 0.05) is 30.9 Å². The fraction of sp³-hybridized carbons (Fsp3) is 0.474. The zero-order valence-electron chi connectivity index (χ0n) is 14.1. The van der Waals surface area contributed by atoms with Gasteiger partial charge in [-0.15, -0.1) is 0 Å². The van der Waals surface area contributed by atoms with Gasteiger partial charge in [0.2, 0.25) is 0 Å². The molecule has 0 aliphatic carbocycles. The van der Waals surface area contributed by atoms with Crippen molar-refractivity contribution in [2.45, 2.75) is 44.5 Å². The van der Waals surface area contributed by atoms with E-state index in [2.05, 4.69) is 71.7 Å². The van der Waals surface area contributed by atoms with E-state index in [-0.39, 0.29) is 0 Å². The predicted octanol–water partition coefficient (Wildman–Crippen LogP) is 4.09. The number of rotatable bonds is 7. The van der Waals surface area contributed by atoms with Gasteiger partial charge in [-0.3, -0.25) is 4.31 Å². The van der Waals surface area contributed by atoms with Crippen molar-refractivity contribution in [2.75, 3.05) is 13.1 Å². The van der Waals surface area contributed by atoms with Crippen LogP contribution in [0, 0.1) is 0 Å². The van der Waals surface area contributed by atoms with E-state index >= 15 is 0 Å². The number of benzene rings is 1. The van der Waals surface area contributed by atoms with Gasteiger partial charge in [0.15, 0.2) is 0 Å². The molecule has 0 spiro atoms. The predicted molar refractivity (Wildman–Crippen MR) is 104 cm³/mol. The molecule has 1 fully saturated rings. The molecule has 2 unspecified atom stereocenters. The standard InChI is InChI=1S/C19H30N2S/c1-6-20(15-19-14-13-17(3)21(19)7-2)22(4,5)16-18-11-9-8-10-12-18/h7-12,17,19H,2,4-6,13-16H2,1,3H3. The molecule has 0 bridgehead atoms. The molecule has 0 N–H and O–H groups in total. The molecule has 1 aromatic carbocycles. The van der Waals surface area contributed by atoms with Crippen LogP contribution in [0.1, 0.15) is 32.3 Å². The van der Waals surface area contributed by atoms with Crippen LogP contribution in [-0.2, 0) is 5.75 Å². The summed E-state index contributed by atoms with van der Waals surface area (Å²) in [4.78, 5) is 2.42. The van der Waals surface area contributed by atoms with Gasteiger partial charge >= 0.3 is 0 Å². The Bertz CT molecular complexity index is 577. The summed E-state index contributed by atoms with van der Waals surface area (Å²) in [6.07, 6.45) is 4.50. The molecule has 122 valence electrons. The Labute approximate surface area is 137 Å². The van der Waals surface area contributed by atoms with E-state index in [0.29, 0.717) is 12.1 Å². The van der Waals surface area contributed by atoms with Gasteiger partial charge in [-0.1, -0.05) is 55.6 Å². The van der Waals surface area contributed by atoms with Crippen LogP contribution in [-0.4, -0.2) is 46.1 Å². The first-order valence-electron chi connectivity index (χ1n) is 8.14. The van der Waals surface area contributed by atoms with Crippen molar-refractivity contribution in [3.8, 4) is 0 Å². The largest absolute Gasteiger partial charge is 0.371 e. The highest BCUT2D eigenvalue weighted by molar-refractivity contribution is 8.25. The Morgan fingerprint density at radius 1 is 1.27 bits per heavy atom. The Kier molecular flexibility index (Phi) is 5.76. The smallest absolute Gasteiger partial charge is 0.0424 e. The lowest BCUT2D eigenvalue weighted by molar-refractivity contribution is 0.256. The summed E-state index contributed by atoms with van der Waals surface area (Å²) in [5, 5.41) is 0. The second-order valence-electron chi connectivity index (χ2n) is 6.32. The zero-order chi connectivity index (χ0) is 16.2. The number of likely N-dealkylation sites (N-methyl/N-ethyl adjacent to an activating group) is 1. The molecule has 2 nitrogen and oxygen atoms in total. The third-order valence-corrected chi connectivity index (χ3v) is 7.03. The fourth-order valence-corrected chi connectivity index (χ4v) is 5.41. The molecule has 1 aliphatic rings. The molecule has 1 saturated heterocycles. The summed E-state index contributed by atoms with van der Waals surface area (Å²) < 4.78 is 2.50. The summed E-state index contributed by atoms with van der Waals surface area (Å²) in [5.41, 5.74) is 1.33. The van der Waals surface area contributed by atoms with Crippen molar-refractivity contribution in [3.63, 3.8) is 0 Å². The highest BCUT2D eigenvalue weighted by atomic mass is 32.2. The summed E-state index contributed by atoms with van der Waals surface area (Å²) >= 11 is 0. The maximum Gasteiger partial charge on any atom is 0.0424 e. The van der Waals surface area contributed by atoms with Crippen molar-refractivity contribution in [2.24, 2.45) is 0 Å². The van der Waals surface area contributed by atoms with Crippen molar-refractivity contribution in [1.29, 1.82) is 0 Å². The lowest BCUT2D eigenvalue weighted by Gasteiger charge is -2.35. The zero-order valence-corrected chi connectivity index (χ0v) is 14.9. The third-order valence-electron chi connectivity index (χ3n) is 4.65. The minimum atomic E-state index is -1.29. The van der Waals surface area contributed by atoms with Gasteiger partial charge in [-0.05, 0) is 31.5 Å². The van der Waals surface area contributed by atoms with Crippen LogP contribution < -0.4 is 0 Å². The first kappa shape index (κ1) is 17.2. The summed E-state index contributed by atoms with van der Waals surface area (Å²) in [5.74, 6) is 9.96. The Hall–Kier alpha value is -1.19. The number of hydrogen-bond donors (Lipinski definition) is 0. The average Bonchev–Trinajstić information content (AvgIpc) is 2.85. The van der Waals surface area contributed by atoms with Gasteiger partial charge in [-0.2, -0.15) is 9.39 Å². The van der Waals surface area contributed by atoms with E-state index in [1.807, 2.05) is 6.20 Å². The molecule has 2 rings (SSSR count). The van der Waals surface area contributed by atoms with Crippen molar-refractivity contribution < 1.29 is 0 Å². The van der Waals surface area contributed by atoms with Gasteiger partial charge < -0.3 is 4.90 Å². The van der Waals surface area contributed by atoms with Crippen molar-refractivity contribution in [1.82, 2.24) is 9.21 Å². The van der Waals surface area contributed by atoms with E-state index in [9.17, 15) is 0 Å². The van der Waals surface area contributed by atoms with Crippen LogP contribution in [0.15, 0.2) is 43.1 Å². The second kappa shape index (κ2) is 7.38. The minimum absolute atomic E-state index is 0.554. The number of nitrogens with zero attached hydrogens (tertiary/aromatic N) is 2. The Morgan fingerprint density at radius 3 is 2.55 bits per heavy atom. The minimum Gasteiger partial charge on any atom is -0.371 e. The fourth-order valence-electron chi connectivity index (χ4n) is 3.38. The van der Waals surface area contributed by atoms with Crippen LogP contribution in [0.2, 0.25) is 0 Å². The maximum absolute atomic E-state index is 4.50. The van der Waals surface area contributed by atoms with Crippen molar-refractivity contribution >= 4 is 21.1 Å². The summed E-state index contributed by atoms with van der Waals surface area (Å²) in [6.45, 7) is 10.5. The molecular formula is C19H30N2S. The van der Waals surface area contributed by atoms with Crippen LogP contribution in [0.3, 0.4) is 0 Å². The molecule has 1 aliphatic heterocycles. The molecule has 0 radical (unpaired) electrons. The summed E-state index contributed by atoms with van der Waals surface area (Å²) in [7, 11) is -1.29. The average molecular weight is 319 g/mol. The summed E-state index contributed by atoms with van der Waals surface area (Å²) in [6, 6.07) is 11.8. The van der Waals surface area contributed by atoms with E-state index in [1.54, 1.807) is 0 Å². The second-order valence-corrected chi connectivity index (χ2v) is 9.12. The SMILES string of the molecule is C=CN1C(C)CCC1CN(CC)S(=C)(=C)Cc1ccccc1. The first-order chi connectivity index (χ1) is 10.5. The Balaban J connectivity index is 2.08. The lowest BCUT2D eigenvalue weighted by atomic mass is 10.2. The lowest BCUT2D eigenvalue weighted by Crippen LogP contribution is -2.38. The quantitative estimate of drug-likeness (QED) is 0.699. The molecule has 22 heavy (non-hydrogen) atoms. The third kappa shape index (κ3) is 3.96. The molecular weight excluding hydrogens is 288 g/mol. The van der Waals surface area contributed by atoms with E-state index < -0.39 is 9.39 Å². The highest BCUT2D eigenvalue weighted by Gasteiger charge is 2.29. The van der Waals surface area contributed by atoms with Gasteiger partial charge in [0.25, 0.3) is 0 Å². The van der Waals surface area contributed by atoms with Gasteiger partial charge in [0.05, 0.1) is 0 Å². The Morgan fingerprint density at radius 2 is 1.95 bits per heavy atom. The molecule has 3 heteroatoms. The molecule has 0 amide bonds. The maximum atomic E-state index is 4.50. The van der Waals surface area contributed by atoms with Crippen LogP contribution in [0.5, 0.6) is 0 Å². The van der Waals surface area contributed by atoms with Crippen molar-refractivity contribution in [3.05, 3.63) is 48.7 Å². The molecule has 0 aromatic heterocycles. The number of likely N-dealkylation sites (tertiary alicyclic amines) is 1. The van der Waals surface area contributed by atoms with E-state index in [4.69, 9.17) is 0 Å². The van der Waals surface area contributed by atoms with Gasteiger partial charge in [0.1, 0.15) is 0 Å². The van der Waals surface area contributed by atoms with Crippen LogP contribution >= 0.6 is 9.39 Å².